The van der Waals surface area contributed by atoms with E-state index in [4.69, 9.17) is 17.3 Å². The molecule has 0 saturated carbocycles. The summed E-state index contributed by atoms with van der Waals surface area (Å²) in [5.74, 6) is -0.169. The molecule has 0 amide bonds. The van der Waals surface area contributed by atoms with Gasteiger partial charge < -0.3 is 10.8 Å². The lowest BCUT2D eigenvalue weighted by Gasteiger charge is -2.23. The predicted octanol–water partition coefficient (Wildman–Crippen LogP) is 3.74. The SMILES string of the molecule is CCc1ccsc1C(O)C(CN)c1ccccc1Cl. The first-order chi connectivity index (χ1) is 9.19. The smallest absolute Gasteiger partial charge is 0.0965 e. The number of aryl methyl sites for hydroxylation is 1. The number of rotatable bonds is 5. The quantitative estimate of drug-likeness (QED) is 0.882. The van der Waals surface area contributed by atoms with E-state index in [-0.39, 0.29) is 5.92 Å². The van der Waals surface area contributed by atoms with E-state index in [2.05, 4.69) is 13.0 Å². The first-order valence-electron chi connectivity index (χ1n) is 6.37. The average molecular weight is 296 g/mol. The molecule has 2 unspecified atom stereocenters. The standard InChI is InChI=1S/C15H18ClNOS/c1-2-10-7-8-19-15(10)14(18)12(9-17)11-5-3-4-6-13(11)16/h3-8,12,14,18H,2,9,17H2,1H3. The molecule has 0 aliphatic heterocycles. The van der Waals surface area contributed by atoms with Crippen LogP contribution in [-0.4, -0.2) is 11.7 Å². The molecule has 0 saturated heterocycles. The Kier molecular flexibility index (Phi) is 4.99. The number of benzene rings is 1. The van der Waals surface area contributed by atoms with E-state index < -0.39 is 6.10 Å². The Morgan fingerprint density at radius 2 is 2.05 bits per heavy atom. The molecular formula is C15H18ClNOS. The second-order valence-electron chi connectivity index (χ2n) is 4.47. The van der Waals surface area contributed by atoms with Crippen molar-refractivity contribution in [2.75, 3.05) is 6.54 Å². The normalized spacial score (nSPS) is 14.3. The second kappa shape index (κ2) is 6.53. The van der Waals surface area contributed by atoms with Gasteiger partial charge in [-0.3, -0.25) is 0 Å². The maximum atomic E-state index is 10.6. The summed E-state index contributed by atoms with van der Waals surface area (Å²) in [5.41, 5.74) is 7.95. The van der Waals surface area contributed by atoms with Gasteiger partial charge in [-0.1, -0.05) is 36.7 Å². The van der Waals surface area contributed by atoms with E-state index in [9.17, 15) is 5.11 Å². The summed E-state index contributed by atoms with van der Waals surface area (Å²) in [6.45, 7) is 2.46. The Morgan fingerprint density at radius 3 is 2.68 bits per heavy atom. The van der Waals surface area contributed by atoms with Gasteiger partial charge >= 0.3 is 0 Å². The van der Waals surface area contributed by atoms with E-state index in [1.54, 1.807) is 11.3 Å². The highest BCUT2D eigenvalue weighted by atomic mass is 35.5. The van der Waals surface area contributed by atoms with Crippen LogP contribution in [0.25, 0.3) is 0 Å². The molecule has 1 aromatic heterocycles. The third-order valence-corrected chi connectivity index (χ3v) is 4.74. The minimum Gasteiger partial charge on any atom is -0.387 e. The fourth-order valence-electron chi connectivity index (χ4n) is 2.28. The van der Waals surface area contributed by atoms with Gasteiger partial charge in [-0.05, 0) is 35.1 Å². The largest absolute Gasteiger partial charge is 0.387 e. The van der Waals surface area contributed by atoms with E-state index >= 15 is 0 Å². The van der Waals surface area contributed by atoms with Crippen LogP contribution in [0, 0.1) is 0 Å². The topological polar surface area (TPSA) is 46.2 Å². The van der Waals surface area contributed by atoms with Gasteiger partial charge in [-0.25, -0.2) is 0 Å². The average Bonchev–Trinajstić information content (AvgIpc) is 2.89. The Balaban J connectivity index is 2.35. The molecule has 2 rings (SSSR count). The van der Waals surface area contributed by atoms with Gasteiger partial charge in [0.15, 0.2) is 0 Å². The lowest BCUT2D eigenvalue weighted by Crippen LogP contribution is -2.20. The van der Waals surface area contributed by atoms with Crippen molar-refractivity contribution in [1.82, 2.24) is 0 Å². The lowest BCUT2D eigenvalue weighted by atomic mass is 9.91. The highest BCUT2D eigenvalue weighted by Gasteiger charge is 2.25. The molecule has 0 fully saturated rings. The van der Waals surface area contributed by atoms with Crippen LogP contribution in [-0.2, 0) is 6.42 Å². The summed E-state index contributed by atoms with van der Waals surface area (Å²) in [4.78, 5) is 0.998. The van der Waals surface area contributed by atoms with Crippen molar-refractivity contribution in [3.8, 4) is 0 Å². The van der Waals surface area contributed by atoms with Crippen molar-refractivity contribution < 1.29 is 5.11 Å². The van der Waals surface area contributed by atoms with Gasteiger partial charge in [0.2, 0.25) is 0 Å². The minimum atomic E-state index is -0.597. The summed E-state index contributed by atoms with van der Waals surface area (Å²) < 4.78 is 0. The van der Waals surface area contributed by atoms with Gasteiger partial charge in [-0.2, -0.15) is 0 Å². The monoisotopic (exact) mass is 295 g/mol. The van der Waals surface area contributed by atoms with Crippen molar-refractivity contribution in [1.29, 1.82) is 0 Å². The zero-order valence-corrected chi connectivity index (χ0v) is 12.4. The van der Waals surface area contributed by atoms with Crippen LogP contribution in [0.1, 0.15) is 34.9 Å². The lowest BCUT2D eigenvalue weighted by molar-refractivity contribution is 0.150. The molecule has 1 aromatic carbocycles. The van der Waals surface area contributed by atoms with Crippen LogP contribution in [0.2, 0.25) is 5.02 Å². The zero-order valence-electron chi connectivity index (χ0n) is 10.8. The third kappa shape index (κ3) is 3.00. The summed E-state index contributed by atoms with van der Waals surface area (Å²) in [6.07, 6.45) is 0.315. The molecule has 0 bridgehead atoms. The Bertz CT molecular complexity index is 540. The van der Waals surface area contributed by atoms with Crippen molar-refractivity contribution in [3.63, 3.8) is 0 Å². The molecule has 1 heterocycles. The molecule has 0 spiro atoms. The predicted molar refractivity (Wildman–Crippen MR) is 81.9 cm³/mol. The van der Waals surface area contributed by atoms with Gasteiger partial charge in [0.25, 0.3) is 0 Å². The van der Waals surface area contributed by atoms with Crippen molar-refractivity contribution in [2.45, 2.75) is 25.4 Å². The van der Waals surface area contributed by atoms with Crippen molar-refractivity contribution in [2.24, 2.45) is 5.73 Å². The molecule has 19 heavy (non-hydrogen) atoms. The van der Waals surface area contributed by atoms with Gasteiger partial charge in [0.05, 0.1) is 6.10 Å². The molecule has 0 radical (unpaired) electrons. The Labute approximate surface area is 122 Å². The highest BCUT2D eigenvalue weighted by Crippen LogP contribution is 2.37. The van der Waals surface area contributed by atoms with Gasteiger partial charge in [0, 0.05) is 22.4 Å². The van der Waals surface area contributed by atoms with Crippen LogP contribution in [0.5, 0.6) is 0 Å². The molecule has 3 N–H and O–H groups in total. The number of aliphatic hydroxyl groups is 1. The number of nitrogens with two attached hydrogens (primary N) is 1. The third-order valence-electron chi connectivity index (χ3n) is 3.37. The number of hydrogen-bond acceptors (Lipinski definition) is 3. The maximum Gasteiger partial charge on any atom is 0.0965 e. The van der Waals surface area contributed by atoms with Crippen LogP contribution in [0.15, 0.2) is 35.7 Å². The molecular weight excluding hydrogens is 278 g/mol. The van der Waals surface area contributed by atoms with Crippen molar-refractivity contribution >= 4 is 22.9 Å². The van der Waals surface area contributed by atoms with Crippen LogP contribution < -0.4 is 5.73 Å². The molecule has 102 valence electrons. The minimum absolute atomic E-state index is 0.169. The molecule has 2 aromatic rings. The van der Waals surface area contributed by atoms with E-state index in [0.717, 1.165) is 16.9 Å². The second-order valence-corrected chi connectivity index (χ2v) is 5.83. The van der Waals surface area contributed by atoms with E-state index in [1.165, 1.54) is 5.56 Å². The summed E-state index contributed by atoms with van der Waals surface area (Å²) in [6, 6.07) is 9.63. The first kappa shape index (κ1) is 14.5. The maximum absolute atomic E-state index is 10.6. The number of hydrogen-bond donors (Lipinski definition) is 2. The van der Waals surface area contributed by atoms with E-state index in [0.29, 0.717) is 11.6 Å². The fourth-order valence-corrected chi connectivity index (χ4v) is 3.61. The number of aliphatic hydroxyl groups excluding tert-OH is 1. The number of thiophene rings is 1. The fraction of sp³-hybridized carbons (Fsp3) is 0.333. The van der Waals surface area contributed by atoms with Gasteiger partial charge in [0.1, 0.15) is 0 Å². The highest BCUT2D eigenvalue weighted by molar-refractivity contribution is 7.10. The van der Waals surface area contributed by atoms with E-state index in [1.807, 2.05) is 29.6 Å². The van der Waals surface area contributed by atoms with Gasteiger partial charge in [-0.15, -0.1) is 11.3 Å². The number of halogens is 1. The Morgan fingerprint density at radius 1 is 1.32 bits per heavy atom. The molecule has 0 aliphatic carbocycles. The summed E-state index contributed by atoms with van der Waals surface area (Å²) in [5, 5.41) is 13.3. The molecule has 2 nitrogen and oxygen atoms in total. The zero-order chi connectivity index (χ0) is 13.8. The van der Waals surface area contributed by atoms with Crippen LogP contribution in [0.4, 0.5) is 0 Å². The molecule has 4 heteroatoms. The first-order valence-corrected chi connectivity index (χ1v) is 7.63. The molecule has 2 atom stereocenters. The Hall–Kier alpha value is -0.870. The van der Waals surface area contributed by atoms with Crippen molar-refractivity contribution in [3.05, 3.63) is 56.7 Å². The summed E-state index contributed by atoms with van der Waals surface area (Å²) >= 11 is 7.79. The molecule has 0 aliphatic rings. The summed E-state index contributed by atoms with van der Waals surface area (Å²) in [7, 11) is 0. The van der Waals surface area contributed by atoms with Crippen LogP contribution >= 0.6 is 22.9 Å². The van der Waals surface area contributed by atoms with Crippen LogP contribution in [0.3, 0.4) is 0 Å².